The van der Waals surface area contributed by atoms with Crippen molar-refractivity contribution < 1.29 is 4.74 Å². The van der Waals surface area contributed by atoms with Gasteiger partial charge in [-0.05, 0) is 20.0 Å². The third-order valence-corrected chi connectivity index (χ3v) is 1.81. The number of ether oxygens (including phenoxy) is 1. The number of nitrogens with zero attached hydrogens (tertiary/aromatic N) is 1. The molecule has 1 saturated heterocycles. The van der Waals surface area contributed by atoms with E-state index in [0.29, 0.717) is 6.73 Å². The van der Waals surface area contributed by atoms with Crippen LogP contribution in [0.3, 0.4) is 0 Å². The van der Waals surface area contributed by atoms with E-state index >= 15 is 0 Å². The standard InChI is InChI=1S/C10H15NO.C2H6/c1-4-6-10-9(5-2)7-11(3)8-12-10;1-2/h4-6H,1,7-8H2,2-3H3;1-2H3/b9-5-,10-6+;. The van der Waals surface area contributed by atoms with Gasteiger partial charge in [0.25, 0.3) is 0 Å². The molecule has 14 heavy (non-hydrogen) atoms. The van der Waals surface area contributed by atoms with Crippen LogP contribution < -0.4 is 0 Å². The summed E-state index contributed by atoms with van der Waals surface area (Å²) in [7, 11) is 2.04. The Labute approximate surface area is 87.6 Å². The summed E-state index contributed by atoms with van der Waals surface area (Å²) in [6, 6.07) is 0. The lowest BCUT2D eigenvalue weighted by molar-refractivity contribution is 0.0761. The van der Waals surface area contributed by atoms with Crippen molar-refractivity contribution in [2.75, 3.05) is 20.3 Å². The van der Waals surface area contributed by atoms with Gasteiger partial charge in [-0.15, -0.1) is 0 Å². The van der Waals surface area contributed by atoms with Gasteiger partial charge in [0.05, 0.1) is 0 Å². The first kappa shape index (κ1) is 13.0. The highest BCUT2D eigenvalue weighted by Crippen LogP contribution is 2.17. The van der Waals surface area contributed by atoms with Crippen LogP contribution in [-0.2, 0) is 4.74 Å². The van der Waals surface area contributed by atoms with E-state index in [1.165, 1.54) is 5.57 Å². The maximum absolute atomic E-state index is 5.48. The predicted octanol–water partition coefficient (Wildman–Crippen LogP) is 2.95. The monoisotopic (exact) mass is 195 g/mol. The average Bonchev–Trinajstić information content (AvgIpc) is 2.24. The molecule has 1 heterocycles. The molecule has 0 aromatic heterocycles. The summed E-state index contributed by atoms with van der Waals surface area (Å²) in [4.78, 5) is 2.12. The Morgan fingerprint density at radius 1 is 1.43 bits per heavy atom. The van der Waals surface area contributed by atoms with Gasteiger partial charge in [-0.2, -0.15) is 0 Å². The van der Waals surface area contributed by atoms with E-state index in [2.05, 4.69) is 17.6 Å². The van der Waals surface area contributed by atoms with Gasteiger partial charge in [0, 0.05) is 12.1 Å². The van der Waals surface area contributed by atoms with Crippen LogP contribution in [0.1, 0.15) is 20.8 Å². The second kappa shape index (κ2) is 7.39. The van der Waals surface area contributed by atoms with Gasteiger partial charge in [0.15, 0.2) is 0 Å². The number of rotatable bonds is 1. The van der Waals surface area contributed by atoms with Gasteiger partial charge >= 0.3 is 0 Å². The molecule has 0 atom stereocenters. The Morgan fingerprint density at radius 3 is 2.57 bits per heavy atom. The highest BCUT2D eigenvalue weighted by Gasteiger charge is 2.14. The summed E-state index contributed by atoms with van der Waals surface area (Å²) < 4.78 is 5.48. The lowest BCUT2D eigenvalue weighted by atomic mass is 10.1. The second-order valence-corrected chi connectivity index (χ2v) is 2.87. The van der Waals surface area contributed by atoms with Crippen LogP contribution in [0.25, 0.3) is 0 Å². The molecule has 80 valence electrons. The zero-order chi connectivity index (χ0) is 11.0. The van der Waals surface area contributed by atoms with E-state index in [9.17, 15) is 0 Å². The van der Waals surface area contributed by atoms with Crippen LogP contribution >= 0.6 is 0 Å². The minimum Gasteiger partial charge on any atom is -0.478 e. The fraction of sp³-hybridized carbons (Fsp3) is 0.500. The van der Waals surface area contributed by atoms with Crippen molar-refractivity contribution in [2.24, 2.45) is 0 Å². The molecule has 0 amide bonds. The fourth-order valence-corrected chi connectivity index (χ4v) is 1.18. The van der Waals surface area contributed by atoms with Crippen molar-refractivity contribution in [3.05, 3.63) is 36.1 Å². The van der Waals surface area contributed by atoms with Gasteiger partial charge in [-0.25, -0.2) is 0 Å². The van der Waals surface area contributed by atoms with E-state index in [0.717, 1.165) is 12.3 Å². The van der Waals surface area contributed by atoms with Crippen LogP contribution in [0.5, 0.6) is 0 Å². The SMILES string of the molecule is C=C/C=C1/OCN(C)C/C1=C/C.CC. The first-order valence-corrected chi connectivity index (χ1v) is 5.07. The molecule has 0 aromatic rings. The molecule has 0 saturated carbocycles. The zero-order valence-corrected chi connectivity index (χ0v) is 9.71. The fourth-order valence-electron chi connectivity index (χ4n) is 1.18. The van der Waals surface area contributed by atoms with E-state index in [4.69, 9.17) is 4.74 Å². The number of hydrogen-bond acceptors (Lipinski definition) is 2. The Balaban J connectivity index is 0.000000791. The first-order valence-electron chi connectivity index (χ1n) is 5.07. The molecule has 2 nitrogen and oxygen atoms in total. The summed E-state index contributed by atoms with van der Waals surface area (Å²) in [5.74, 6) is 0.950. The van der Waals surface area contributed by atoms with Crippen molar-refractivity contribution in [1.29, 1.82) is 0 Å². The minimum atomic E-state index is 0.664. The third kappa shape index (κ3) is 3.79. The summed E-state index contributed by atoms with van der Waals surface area (Å²) in [5, 5.41) is 0. The van der Waals surface area contributed by atoms with Crippen molar-refractivity contribution in [2.45, 2.75) is 20.8 Å². The molecule has 1 fully saturated rings. The summed E-state index contributed by atoms with van der Waals surface area (Å²) >= 11 is 0. The molecule has 1 aliphatic heterocycles. The quantitative estimate of drug-likeness (QED) is 0.638. The van der Waals surface area contributed by atoms with E-state index in [1.807, 2.05) is 33.9 Å². The molecule has 0 bridgehead atoms. The lowest BCUT2D eigenvalue weighted by Gasteiger charge is -2.27. The molecule has 1 aliphatic rings. The Kier molecular flexibility index (Phi) is 6.85. The molecule has 0 radical (unpaired) electrons. The van der Waals surface area contributed by atoms with Crippen molar-refractivity contribution in [1.82, 2.24) is 4.90 Å². The van der Waals surface area contributed by atoms with Gasteiger partial charge in [0.2, 0.25) is 0 Å². The van der Waals surface area contributed by atoms with Crippen LogP contribution in [0, 0.1) is 0 Å². The van der Waals surface area contributed by atoms with Gasteiger partial charge in [-0.3, -0.25) is 4.90 Å². The minimum absolute atomic E-state index is 0.664. The highest BCUT2D eigenvalue weighted by atomic mass is 16.5. The van der Waals surface area contributed by atoms with Crippen molar-refractivity contribution >= 4 is 0 Å². The van der Waals surface area contributed by atoms with Gasteiger partial charge < -0.3 is 4.74 Å². The van der Waals surface area contributed by atoms with Crippen molar-refractivity contribution in [3.8, 4) is 0 Å². The van der Waals surface area contributed by atoms with Gasteiger partial charge in [0.1, 0.15) is 12.5 Å². The molecular weight excluding hydrogens is 174 g/mol. The lowest BCUT2D eigenvalue weighted by Crippen LogP contribution is -2.30. The van der Waals surface area contributed by atoms with Crippen molar-refractivity contribution in [3.63, 3.8) is 0 Å². The molecule has 1 rings (SSSR count). The van der Waals surface area contributed by atoms with Crippen LogP contribution in [-0.4, -0.2) is 25.2 Å². The molecule has 0 aromatic carbocycles. The average molecular weight is 195 g/mol. The zero-order valence-electron chi connectivity index (χ0n) is 9.71. The Bertz CT molecular complexity index is 228. The third-order valence-electron chi connectivity index (χ3n) is 1.81. The maximum atomic E-state index is 5.48. The molecule has 0 unspecified atom stereocenters. The van der Waals surface area contributed by atoms with Gasteiger partial charge in [-0.1, -0.05) is 32.6 Å². The highest BCUT2D eigenvalue weighted by molar-refractivity contribution is 5.30. The van der Waals surface area contributed by atoms with E-state index < -0.39 is 0 Å². The summed E-state index contributed by atoms with van der Waals surface area (Å²) in [6.45, 7) is 11.3. The van der Waals surface area contributed by atoms with E-state index in [1.54, 1.807) is 6.08 Å². The first-order chi connectivity index (χ1) is 6.77. The summed E-state index contributed by atoms with van der Waals surface area (Å²) in [5.41, 5.74) is 1.23. The number of hydrogen-bond donors (Lipinski definition) is 0. The Morgan fingerprint density at radius 2 is 2.07 bits per heavy atom. The van der Waals surface area contributed by atoms with Crippen LogP contribution in [0.15, 0.2) is 36.1 Å². The predicted molar refractivity (Wildman–Crippen MR) is 62.0 cm³/mol. The van der Waals surface area contributed by atoms with E-state index in [-0.39, 0.29) is 0 Å². The summed E-state index contributed by atoms with van der Waals surface area (Å²) in [6.07, 6.45) is 5.73. The molecule has 2 heteroatoms. The largest absolute Gasteiger partial charge is 0.478 e. The normalized spacial score (nSPS) is 22.6. The number of likely N-dealkylation sites (N-methyl/N-ethyl adjacent to an activating group) is 1. The van der Waals surface area contributed by atoms with Crippen LogP contribution in [0.2, 0.25) is 0 Å². The topological polar surface area (TPSA) is 12.5 Å². The van der Waals surface area contributed by atoms with Crippen LogP contribution in [0.4, 0.5) is 0 Å². The molecular formula is C12H21NO. The smallest absolute Gasteiger partial charge is 0.142 e. The molecule has 0 N–H and O–H groups in total. The second-order valence-electron chi connectivity index (χ2n) is 2.87. The number of allylic oxidation sites excluding steroid dienone is 3. The Hall–Kier alpha value is -1.02. The molecule has 0 spiro atoms. The maximum Gasteiger partial charge on any atom is 0.142 e. The molecule has 0 aliphatic carbocycles.